The fourth-order valence-electron chi connectivity index (χ4n) is 2.05. The number of hydrogen-bond acceptors (Lipinski definition) is 2. The minimum absolute atomic E-state index is 0.137. The lowest BCUT2D eigenvalue weighted by Crippen LogP contribution is -2.11. The standard InChI is InChI=1S/C16H27NO/c1-4-5-6-7-11-16(17)14-9-8-10-15(12-14)18-13(2)3/h8-10,12-13,16H,4-7,11,17H2,1-3H3. The van der Waals surface area contributed by atoms with E-state index in [0.717, 1.165) is 12.2 Å². The van der Waals surface area contributed by atoms with Crippen LogP contribution in [0.4, 0.5) is 0 Å². The van der Waals surface area contributed by atoms with Crippen molar-refractivity contribution >= 4 is 0 Å². The molecule has 1 unspecified atom stereocenters. The molecule has 1 atom stereocenters. The maximum absolute atomic E-state index is 6.22. The van der Waals surface area contributed by atoms with Gasteiger partial charge >= 0.3 is 0 Å². The Bertz CT molecular complexity index is 336. The maximum atomic E-state index is 6.22. The second-order valence-corrected chi connectivity index (χ2v) is 5.19. The van der Waals surface area contributed by atoms with Gasteiger partial charge < -0.3 is 10.5 Å². The first-order chi connectivity index (χ1) is 8.63. The Morgan fingerprint density at radius 3 is 2.61 bits per heavy atom. The number of benzene rings is 1. The van der Waals surface area contributed by atoms with Crippen LogP contribution in [-0.2, 0) is 0 Å². The van der Waals surface area contributed by atoms with E-state index in [1.165, 1.54) is 31.2 Å². The average Bonchev–Trinajstić information content (AvgIpc) is 2.34. The van der Waals surface area contributed by atoms with Crippen LogP contribution in [0.5, 0.6) is 5.75 Å². The van der Waals surface area contributed by atoms with Crippen LogP contribution < -0.4 is 10.5 Å². The van der Waals surface area contributed by atoms with Gasteiger partial charge in [-0.3, -0.25) is 0 Å². The molecule has 102 valence electrons. The average molecular weight is 249 g/mol. The highest BCUT2D eigenvalue weighted by Crippen LogP contribution is 2.22. The number of unbranched alkanes of at least 4 members (excludes halogenated alkanes) is 3. The highest BCUT2D eigenvalue weighted by molar-refractivity contribution is 5.30. The Morgan fingerprint density at radius 1 is 1.17 bits per heavy atom. The zero-order chi connectivity index (χ0) is 13.4. The van der Waals surface area contributed by atoms with Gasteiger partial charge in [0.25, 0.3) is 0 Å². The number of rotatable bonds is 8. The van der Waals surface area contributed by atoms with Gasteiger partial charge in [0.05, 0.1) is 6.10 Å². The van der Waals surface area contributed by atoms with E-state index in [1.54, 1.807) is 0 Å². The first kappa shape index (κ1) is 15.0. The van der Waals surface area contributed by atoms with Crippen LogP contribution in [0.25, 0.3) is 0 Å². The third-order valence-electron chi connectivity index (χ3n) is 3.03. The van der Waals surface area contributed by atoms with Gasteiger partial charge in [0.15, 0.2) is 0 Å². The van der Waals surface area contributed by atoms with Crippen molar-refractivity contribution in [2.75, 3.05) is 0 Å². The summed E-state index contributed by atoms with van der Waals surface area (Å²) in [5.74, 6) is 0.923. The summed E-state index contributed by atoms with van der Waals surface area (Å²) in [5, 5.41) is 0. The van der Waals surface area contributed by atoms with Gasteiger partial charge in [-0.25, -0.2) is 0 Å². The van der Waals surface area contributed by atoms with Crippen molar-refractivity contribution in [3.05, 3.63) is 29.8 Å². The molecule has 0 aliphatic heterocycles. The molecule has 2 heteroatoms. The predicted molar refractivity (Wildman–Crippen MR) is 77.9 cm³/mol. The minimum atomic E-state index is 0.137. The highest BCUT2D eigenvalue weighted by Gasteiger charge is 2.07. The smallest absolute Gasteiger partial charge is 0.120 e. The first-order valence-corrected chi connectivity index (χ1v) is 7.15. The quantitative estimate of drug-likeness (QED) is 0.691. The van der Waals surface area contributed by atoms with Crippen LogP contribution in [0.1, 0.15) is 64.5 Å². The molecular formula is C16H27NO. The van der Waals surface area contributed by atoms with Crippen LogP contribution in [-0.4, -0.2) is 6.10 Å². The van der Waals surface area contributed by atoms with Crippen LogP contribution in [0, 0.1) is 0 Å². The summed E-state index contributed by atoms with van der Waals surface area (Å²) in [7, 11) is 0. The summed E-state index contributed by atoms with van der Waals surface area (Å²) in [6, 6.07) is 8.33. The van der Waals surface area contributed by atoms with E-state index >= 15 is 0 Å². The van der Waals surface area contributed by atoms with Crippen LogP contribution >= 0.6 is 0 Å². The van der Waals surface area contributed by atoms with E-state index in [0.29, 0.717) is 0 Å². The number of ether oxygens (including phenoxy) is 1. The molecule has 0 fully saturated rings. The summed E-state index contributed by atoms with van der Waals surface area (Å²) in [6.45, 7) is 6.31. The Hall–Kier alpha value is -1.02. The summed E-state index contributed by atoms with van der Waals surface area (Å²) >= 11 is 0. The van der Waals surface area contributed by atoms with Gasteiger partial charge in [-0.05, 0) is 38.0 Å². The van der Waals surface area contributed by atoms with Crippen molar-refractivity contribution in [2.45, 2.75) is 65.0 Å². The van der Waals surface area contributed by atoms with Gasteiger partial charge in [0.1, 0.15) is 5.75 Å². The van der Waals surface area contributed by atoms with Crippen LogP contribution in [0.3, 0.4) is 0 Å². The maximum Gasteiger partial charge on any atom is 0.120 e. The molecule has 0 spiro atoms. The SMILES string of the molecule is CCCCCCC(N)c1cccc(OC(C)C)c1. The molecule has 1 aromatic rings. The molecule has 1 aromatic carbocycles. The molecule has 0 bridgehead atoms. The minimum Gasteiger partial charge on any atom is -0.491 e. The largest absolute Gasteiger partial charge is 0.491 e. The molecule has 0 aliphatic rings. The molecule has 0 saturated heterocycles. The molecule has 18 heavy (non-hydrogen) atoms. The van der Waals surface area contributed by atoms with Crippen molar-refractivity contribution in [3.8, 4) is 5.75 Å². The molecular weight excluding hydrogens is 222 g/mol. The summed E-state index contributed by atoms with van der Waals surface area (Å²) in [6.07, 6.45) is 6.35. The molecule has 2 nitrogen and oxygen atoms in total. The highest BCUT2D eigenvalue weighted by atomic mass is 16.5. The first-order valence-electron chi connectivity index (χ1n) is 7.15. The predicted octanol–water partition coefficient (Wildman–Crippen LogP) is 4.44. The molecule has 0 heterocycles. The van der Waals surface area contributed by atoms with Crippen LogP contribution in [0.15, 0.2) is 24.3 Å². The number of hydrogen-bond donors (Lipinski definition) is 1. The number of nitrogens with two attached hydrogens (primary N) is 1. The van der Waals surface area contributed by atoms with E-state index < -0.39 is 0 Å². The van der Waals surface area contributed by atoms with Gasteiger partial charge in [0.2, 0.25) is 0 Å². The topological polar surface area (TPSA) is 35.2 Å². The summed E-state index contributed by atoms with van der Waals surface area (Å²) in [5.41, 5.74) is 7.41. The lowest BCUT2D eigenvalue weighted by Gasteiger charge is -2.15. The van der Waals surface area contributed by atoms with E-state index in [-0.39, 0.29) is 12.1 Å². The Morgan fingerprint density at radius 2 is 1.94 bits per heavy atom. The zero-order valence-corrected chi connectivity index (χ0v) is 12.0. The van der Waals surface area contributed by atoms with Crippen molar-refractivity contribution in [1.82, 2.24) is 0 Å². The van der Waals surface area contributed by atoms with Crippen LogP contribution in [0.2, 0.25) is 0 Å². The van der Waals surface area contributed by atoms with E-state index in [2.05, 4.69) is 19.1 Å². The molecule has 0 amide bonds. The second-order valence-electron chi connectivity index (χ2n) is 5.19. The molecule has 0 radical (unpaired) electrons. The lowest BCUT2D eigenvalue weighted by molar-refractivity contribution is 0.242. The Balaban J connectivity index is 2.48. The van der Waals surface area contributed by atoms with Crippen molar-refractivity contribution < 1.29 is 4.74 Å². The van der Waals surface area contributed by atoms with E-state index in [9.17, 15) is 0 Å². The normalized spacial score (nSPS) is 12.7. The van der Waals surface area contributed by atoms with E-state index in [4.69, 9.17) is 10.5 Å². The van der Waals surface area contributed by atoms with Crippen molar-refractivity contribution in [2.24, 2.45) is 5.73 Å². The summed E-state index contributed by atoms with van der Waals surface area (Å²) < 4.78 is 5.69. The monoisotopic (exact) mass is 249 g/mol. The molecule has 0 aromatic heterocycles. The fraction of sp³-hybridized carbons (Fsp3) is 0.625. The Labute approximate surface area is 112 Å². The Kier molecular flexibility index (Phi) is 6.81. The fourth-order valence-corrected chi connectivity index (χ4v) is 2.05. The third-order valence-corrected chi connectivity index (χ3v) is 3.03. The molecule has 0 aliphatic carbocycles. The molecule has 1 rings (SSSR count). The molecule has 0 saturated carbocycles. The van der Waals surface area contributed by atoms with Gasteiger partial charge in [-0.15, -0.1) is 0 Å². The summed E-state index contributed by atoms with van der Waals surface area (Å²) in [4.78, 5) is 0. The zero-order valence-electron chi connectivity index (χ0n) is 12.0. The van der Waals surface area contributed by atoms with Crippen molar-refractivity contribution in [3.63, 3.8) is 0 Å². The van der Waals surface area contributed by atoms with Gasteiger partial charge in [0, 0.05) is 6.04 Å². The third kappa shape index (κ3) is 5.54. The van der Waals surface area contributed by atoms with Gasteiger partial charge in [-0.1, -0.05) is 44.7 Å². The second kappa shape index (κ2) is 8.15. The molecule has 2 N–H and O–H groups in total. The van der Waals surface area contributed by atoms with Gasteiger partial charge in [-0.2, -0.15) is 0 Å². The van der Waals surface area contributed by atoms with Crippen molar-refractivity contribution in [1.29, 1.82) is 0 Å². The lowest BCUT2D eigenvalue weighted by atomic mass is 10.0. The van der Waals surface area contributed by atoms with E-state index in [1.807, 2.05) is 26.0 Å².